The van der Waals surface area contributed by atoms with E-state index in [2.05, 4.69) is 30.3 Å². The molecule has 96 valence electrons. The predicted molar refractivity (Wildman–Crippen MR) is 82.8 cm³/mol. The largest absolute Gasteiger partial charge is 0.462 e. The maximum absolute atomic E-state index is 5.44. The Morgan fingerprint density at radius 1 is 0.850 bits per heavy atom. The second kappa shape index (κ2) is 4.62. The van der Waals surface area contributed by atoms with Gasteiger partial charge in [0.2, 0.25) is 0 Å². The van der Waals surface area contributed by atoms with Crippen LogP contribution in [0.2, 0.25) is 0 Å². The molecular formula is C17H11NOS. The molecule has 0 aliphatic rings. The van der Waals surface area contributed by atoms with E-state index in [1.54, 1.807) is 17.6 Å². The molecule has 0 saturated carbocycles. The molecule has 0 bridgehead atoms. The molecule has 4 aromatic rings. The summed E-state index contributed by atoms with van der Waals surface area (Å²) in [6, 6.07) is 20.5. The zero-order valence-electron chi connectivity index (χ0n) is 10.6. The molecule has 0 radical (unpaired) electrons. The highest BCUT2D eigenvalue weighted by Gasteiger charge is 2.12. The molecule has 2 nitrogen and oxygen atoms in total. The number of para-hydroxylation sites is 1. The summed E-state index contributed by atoms with van der Waals surface area (Å²) in [5.74, 6) is 0.824. The molecule has 2 aromatic heterocycles. The van der Waals surface area contributed by atoms with E-state index in [0.29, 0.717) is 0 Å². The van der Waals surface area contributed by atoms with E-state index in [1.807, 2.05) is 30.3 Å². The van der Waals surface area contributed by atoms with Gasteiger partial charge in [0.25, 0.3) is 0 Å². The van der Waals surface area contributed by atoms with Gasteiger partial charge in [-0.1, -0.05) is 42.5 Å². The van der Waals surface area contributed by atoms with E-state index in [0.717, 1.165) is 21.8 Å². The first-order valence-corrected chi connectivity index (χ1v) is 7.22. The molecule has 2 heterocycles. The quantitative estimate of drug-likeness (QED) is 0.502. The van der Waals surface area contributed by atoms with E-state index in [-0.39, 0.29) is 0 Å². The zero-order chi connectivity index (χ0) is 13.4. The second-order valence-corrected chi connectivity index (χ2v) is 5.55. The van der Waals surface area contributed by atoms with Gasteiger partial charge in [0.15, 0.2) is 10.8 Å². The number of fused-ring (bicyclic) bond motifs is 1. The Morgan fingerprint density at radius 2 is 1.75 bits per heavy atom. The van der Waals surface area contributed by atoms with Crippen molar-refractivity contribution >= 4 is 21.6 Å². The fourth-order valence-corrected chi connectivity index (χ4v) is 3.27. The van der Waals surface area contributed by atoms with Crippen molar-refractivity contribution in [1.29, 1.82) is 0 Å². The number of benzene rings is 2. The number of aromatic nitrogens is 1. The highest BCUT2D eigenvalue weighted by atomic mass is 32.1. The summed E-state index contributed by atoms with van der Waals surface area (Å²) in [6.45, 7) is 0. The lowest BCUT2D eigenvalue weighted by atomic mass is 10.1. The molecule has 2 aromatic carbocycles. The SMILES string of the molecule is c1ccc(-c2cccc3sc(-c4ccco4)nc23)cc1. The van der Waals surface area contributed by atoms with Crippen molar-refractivity contribution in [3.63, 3.8) is 0 Å². The van der Waals surface area contributed by atoms with E-state index < -0.39 is 0 Å². The summed E-state index contributed by atoms with van der Waals surface area (Å²) < 4.78 is 6.62. The lowest BCUT2D eigenvalue weighted by Gasteiger charge is -2.01. The van der Waals surface area contributed by atoms with Crippen LogP contribution in [0.25, 0.3) is 32.1 Å². The lowest BCUT2D eigenvalue weighted by molar-refractivity contribution is 0.582. The molecule has 3 heteroatoms. The van der Waals surface area contributed by atoms with Gasteiger partial charge in [-0.05, 0) is 23.8 Å². The molecule has 0 amide bonds. The van der Waals surface area contributed by atoms with Gasteiger partial charge in [-0.3, -0.25) is 0 Å². The van der Waals surface area contributed by atoms with Crippen molar-refractivity contribution in [2.24, 2.45) is 0 Å². The van der Waals surface area contributed by atoms with Gasteiger partial charge in [0.1, 0.15) is 0 Å². The molecule has 0 spiro atoms. The summed E-state index contributed by atoms with van der Waals surface area (Å²) in [5, 5.41) is 0.924. The summed E-state index contributed by atoms with van der Waals surface area (Å²) in [6.07, 6.45) is 1.68. The molecule has 0 N–H and O–H groups in total. The van der Waals surface area contributed by atoms with Crippen molar-refractivity contribution in [3.8, 4) is 21.9 Å². The summed E-state index contributed by atoms with van der Waals surface area (Å²) in [4.78, 5) is 4.76. The van der Waals surface area contributed by atoms with Crippen LogP contribution in [0.15, 0.2) is 71.3 Å². The highest BCUT2D eigenvalue weighted by Crippen LogP contribution is 2.35. The topological polar surface area (TPSA) is 26.0 Å². The molecule has 0 aliphatic heterocycles. The summed E-state index contributed by atoms with van der Waals surface area (Å²) >= 11 is 1.66. The third-order valence-electron chi connectivity index (χ3n) is 3.24. The molecule has 0 fully saturated rings. The fourth-order valence-electron chi connectivity index (χ4n) is 2.30. The average Bonchev–Trinajstić information content (AvgIpc) is 3.16. The minimum Gasteiger partial charge on any atom is -0.462 e. The third-order valence-corrected chi connectivity index (χ3v) is 4.27. The van der Waals surface area contributed by atoms with Crippen LogP contribution in [0.3, 0.4) is 0 Å². The second-order valence-electron chi connectivity index (χ2n) is 4.51. The first-order valence-electron chi connectivity index (χ1n) is 6.41. The molecule has 4 rings (SSSR count). The van der Waals surface area contributed by atoms with Gasteiger partial charge < -0.3 is 4.42 Å². The molecule has 20 heavy (non-hydrogen) atoms. The van der Waals surface area contributed by atoms with E-state index in [4.69, 9.17) is 9.40 Å². The Morgan fingerprint density at radius 3 is 2.55 bits per heavy atom. The van der Waals surface area contributed by atoms with Gasteiger partial charge in [-0.25, -0.2) is 4.98 Å². The Kier molecular flexibility index (Phi) is 2.64. The lowest BCUT2D eigenvalue weighted by Crippen LogP contribution is -1.79. The number of hydrogen-bond acceptors (Lipinski definition) is 3. The summed E-state index contributed by atoms with van der Waals surface area (Å²) in [5.41, 5.74) is 3.39. The Balaban J connectivity index is 1.95. The molecule has 0 unspecified atom stereocenters. The van der Waals surface area contributed by atoms with Crippen LogP contribution in [0.1, 0.15) is 0 Å². The fraction of sp³-hybridized carbons (Fsp3) is 0. The third kappa shape index (κ3) is 1.84. The number of furan rings is 1. The van der Waals surface area contributed by atoms with Crippen molar-refractivity contribution in [2.45, 2.75) is 0 Å². The van der Waals surface area contributed by atoms with Crippen molar-refractivity contribution < 1.29 is 4.42 Å². The van der Waals surface area contributed by atoms with Crippen LogP contribution in [-0.4, -0.2) is 4.98 Å². The van der Waals surface area contributed by atoms with Gasteiger partial charge >= 0.3 is 0 Å². The number of rotatable bonds is 2. The monoisotopic (exact) mass is 277 g/mol. The first-order chi connectivity index (χ1) is 9.92. The van der Waals surface area contributed by atoms with Gasteiger partial charge in [-0.2, -0.15) is 0 Å². The van der Waals surface area contributed by atoms with Gasteiger partial charge in [-0.15, -0.1) is 11.3 Å². The van der Waals surface area contributed by atoms with Crippen molar-refractivity contribution in [1.82, 2.24) is 4.98 Å². The average molecular weight is 277 g/mol. The smallest absolute Gasteiger partial charge is 0.162 e. The normalized spacial score (nSPS) is 11.0. The van der Waals surface area contributed by atoms with Crippen molar-refractivity contribution in [2.75, 3.05) is 0 Å². The Labute approximate surface area is 120 Å². The standard InChI is InChI=1S/C17H11NOS/c1-2-6-12(7-3-1)13-8-4-10-15-16(13)18-17(20-15)14-9-5-11-19-14/h1-11H. The Bertz CT molecular complexity index is 847. The maximum Gasteiger partial charge on any atom is 0.162 e. The number of thiazole rings is 1. The minimum absolute atomic E-state index is 0.824. The predicted octanol–water partition coefficient (Wildman–Crippen LogP) is 5.22. The van der Waals surface area contributed by atoms with Crippen LogP contribution >= 0.6 is 11.3 Å². The molecular weight excluding hydrogens is 266 g/mol. The van der Waals surface area contributed by atoms with Crippen LogP contribution in [0.4, 0.5) is 0 Å². The number of nitrogens with zero attached hydrogens (tertiary/aromatic N) is 1. The minimum atomic E-state index is 0.824. The Hall–Kier alpha value is -2.39. The highest BCUT2D eigenvalue weighted by molar-refractivity contribution is 7.21. The molecule has 0 aliphatic carbocycles. The zero-order valence-corrected chi connectivity index (χ0v) is 11.4. The van der Waals surface area contributed by atoms with Crippen LogP contribution < -0.4 is 0 Å². The first kappa shape index (κ1) is 11.4. The van der Waals surface area contributed by atoms with E-state index in [1.165, 1.54) is 10.3 Å². The molecule has 0 saturated heterocycles. The maximum atomic E-state index is 5.44. The molecule has 0 atom stereocenters. The van der Waals surface area contributed by atoms with Gasteiger partial charge in [0, 0.05) is 5.56 Å². The summed E-state index contributed by atoms with van der Waals surface area (Å²) in [7, 11) is 0. The van der Waals surface area contributed by atoms with E-state index >= 15 is 0 Å². The van der Waals surface area contributed by atoms with Crippen LogP contribution in [-0.2, 0) is 0 Å². The number of hydrogen-bond donors (Lipinski definition) is 0. The van der Waals surface area contributed by atoms with E-state index in [9.17, 15) is 0 Å². The van der Waals surface area contributed by atoms with Crippen LogP contribution in [0.5, 0.6) is 0 Å². The van der Waals surface area contributed by atoms with Crippen LogP contribution in [0, 0.1) is 0 Å². The van der Waals surface area contributed by atoms with Gasteiger partial charge in [0.05, 0.1) is 16.5 Å². The van der Waals surface area contributed by atoms with Crippen molar-refractivity contribution in [3.05, 3.63) is 66.9 Å².